The molecule has 0 spiro atoms. The zero-order valence-electron chi connectivity index (χ0n) is 18.3. The number of hydrogen-bond acceptors (Lipinski definition) is 4. The number of nitrogens with one attached hydrogen (secondary N) is 2. The van der Waals surface area contributed by atoms with Crippen LogP contribution in [-0.4, -0.2) is 65.4 Å². The van der Waals surface area contributed by atoms with Gasteiger partial charge in [0.1, 0.15) is 11.9 Å². The van der Waals surface area contributed by atoms with Crippen LogP contribution in [0.2, 0.25) is 0 Å². The number of nitrogens with zero attached hydrogens (tertiary/aromatic N) is 2. The Morgan fingerprint density at radius 3 is 2.81 bits per heavy atom. The summed E-state index contributed by atoms with van der Waals surface area (Å²) in [5.74, 6) is 0.0566. The molecule has 2 saturated heterocycles. The summed E-state index contributed by atoms with van der Waals surface area (Å²) in [6.45, 7) is 4.86. The number of amides is 2. The van der Waals surface area contributed by atoms with Gasteiger partial charge in [0.15, 0.2) is 0 Å². The van der Waals surface area contributed by atoms with Gasteiger partial charge < -0.3 is 15.5 Å². The van der Waals surface area contributed by atoms with Crippen molar-refractivity contribution in [2.45, 2.75) is 82.5 Å². The number of carbonyl (C=O) groups is 2. The quantitative estimate of drug-likeness (QED) is 0.774. The molecule has 4 aliphatic rings. The molecular weight excluding hydrogens is 395 g/mol. The molecule has 3 heterocycles. The number of fused-ring (bicyclic) bond motifs is 1. The van der Waals surface area contributed by atoms with E-state index in [1.165, 1.54) is 6.07 Å². The molecule has 1 aliphatic carbocycles. The normalized spacial score (nSPS) is 31.0. The van der Waals surface area contributed by atoms with Gasteiger partial charge in [0.25, 0.3) is 0 Å². The van der Waals surface area contributed by atoms with Gasteiger partial charge in [-0.15, -0.1) is 0 Å². The summed E-state index contributed by atoms with van der Waals surface area (Å²) in [5.41, 5.74) is 2.38. The molecule has 6 nitrogen and oxygen atoms in total. The van der Waals surface area contributed by atoms with Gasteiger partial charge in [0, 0.05) is 61.9 Å². The molecule has 2 N–H and O–H groups in total. The smallest absolute Gasteiger partial charge is 0.243 e. The second kappa shape index (κ2) is 8.41. The number of anilines is 1. The van der Waals surface area contributed by atoms with Crippen LogP contribution in [0.4, 0.5) is 10.1 Å². The molecule has 0 aromatic heterocycles. The molecule has 1 saturated carbocycles. The van der Waals surface area contributed by atoms with E-state index in [2.05, 4.69) is 20.4 Å². The summed E-state index contributed by atoms with van der Waals surface area (Å²) in [4.78, 5) is 29.7. The Balaban J connectivity index is 1.15. The van der Waals surface area contributed by atoms with Crippen LogP contribution in [0.5, 0.6) is 0 Å². The van der Waals surface area contributed by atoms with Gasteiger partial charge in [-0.1, -0.05) is 6.07 Å². The highest BCUT2D eigenvalue weighted by Crippen LogP contribution is 2.32. The van der Waals surface area contributed by atoms with Crippen molar-refractivity contribution in [1.82, 2.24) is 15.1 Å². The van der Waals surface area contributed by atoms with Gasteiger partial charge in [-0.3, -0.25) is 14.5 Å². The van der Waals surface area contributed by atoms with Gasteiger partial charge in [0.05, 0.1) is 0 Å². The van der Waals surface area contributed by atoms with E-state index in [4.69, 9.17) is 0 Å². The Hall–Kier alpha value is -2.15. The number of aryl methyl sites for hydroxylation is 1. The lowest BCUT2D eigenvalue weighted by Crippen LogP contribution is -2.49. The van der Waals surface area contributed by atoms with E-state index in [0.717, 1.165) is 69.4 Å². The fourth-order valence-corrected chi connectivity index (χ4v) is 6.07. The summed E-state index contributed by atoms with van der Waals surface area (Å²) in [6, 6.07) is 3.84. The monoisotopic (exact) mass is 428 g/mol. The Bertz CT molecular complexity index is 844. The number of carbonyl (C=O) groups excluding carboxylic acids is 2. The minimum absolute atomic E-state index is 0.0254. The van der Waals surface area contributed by atoms with Crippen molar-refractivity contribution < 1.29 is 14.0 Å². The van der Waals surface area contributed by atoms with Crippen molar-refractivity contribution in [3.05, 3.63) is 29.1 Å². The molecule has 0 bridgehead atoms. The summed E-state index contributed by atoms with van der Waals surface area (Å²) < 4.78 is 14.2. The molecule has 2 unspecified atom stereocenters. The third kappa shape index (κ3) is 4.04. The SMILES string of the molecule is Cc1ccc(F)c2c1NC(C(=O)N[C@@H]1CCC[C@@H](N3CCC(N4CCCC4=O)C3)C1)C2. The van der Waals surface area contributed by atoms with Crippen molar-refractivity contribution in [2.24, 2.45) is 0 Å². The fourth-order valence-electron chi connectivity index (χ4n) is 6.07. The molecule has 1 aromatic rings. The van der Waals surface area contributed by atoms with E-state index in [9.17, 15) is 14.0 Å². The second-order valence-electron chi connectivity index (χ2n) is 9.77. The lowest BCUT2D eigenvalue weighted by molar-refractivity contribution is -0.129. The summed E-state index contributed by atoms with van der Waals surface area (Å²) in [7, 11) is 0. The summed E-state index contributed by atoms with van der Waals surface area (Å²) >= 11 is 0. The third-order valence-corrected chi connectivity index (χ3v) is 7.76. The van der Waals surface area contributed by atoms with Crippen LogP contribution in [0, 0.1) is 12.7 Å². The molecule has 1 aromatic carbocycles. The van der Waals surface area contributed by atoms with Gasteiger partial charge in [-0.2, -0.15) is 0 Å². The maximum absolute atomic E-state index is 14.2. The van der Waals surface area contributed by atoms with Gasteiger partial charge >= 0.3 is 0 Å². The van der Waals surface area contributed by atoms with Gasteiger partial charge in [-0.05, 0) is 57.1 Å². The number of halogens is 1. The first-order chi connectivity index (χ1) is 15.0. The van der Waals surface area contributed by atoms with Crippen molar-refractivity contribution in [2.75, 3.05) is 25.0 Å². The molecule has 5 rings (SSSR count). The molecule has 31 heavy (non-hydrogen) atoms. The summed E-state index contributed by atoms with van der Waals surface area (Å²) in [6.07, 6.45) is 7.38. The molecule has 4 atom stereocenters. The van der Waals surface area contributed by atoms with E-state index in [0.29, 0.717) is 36.4 Å². The van der Waals surface area contributed by atoms with Crippen molar-refractivity contribution in [3.8, 4) is 0 Å². The largest absolute Gasteiger partial charge is 0.373 e. The predicted octanol–water partition coefficient (Wildman–Crippen LogP) is 2.59. The number of benzene rings is 1. The average Bonchev–Trinajstić information content (AvgIpc) is 3.50. The first-order valence-electron chi connectivity index (χ1n) is 11.9. The fraction of sp³-hybridized carbons (Fsp3) is 0.667. The maximum Gasteiger partial charge on any atom is 0.243 e. The van der Waals surface area contributed by atoms with E-state index in [1.807, 2.05) is 6.92 Å². The zero-order chi connectivity index (χ0) is 21.5. The minimum atomic E-state index is -0.400. The first-order valence-corrected chi connectivity index (χ1v) is 11.9. The van der Waals surface area contributed by atoms with E-state index in [-0.39, 0.29) is 17.8 Å². The molecule has 3 fully saturated rings. The van der Waals surface area contributed by atoms with Crippen LogP contribution in [-0.2, 0) is 16.0 Å². The molecule has 0 radical (unpaired) electrons. The van der Waals surface area contributed by atoms with E-state index in [1.54, 1.807) is 6.07 Å². The van der Waals surface area contributed by atoms with Crippen LogP contribution in [0.1, 0.15) is 56.1 Å². The lowest BCUT2D eigenvalue weighted by atomic mass is 9.89. The van der Waals surface area contributed by atoms with Crippen molar-refractivity contribution in [3.63, 3.8) is 0 Å². The molecule has 7 heteroatoms. The van der Waals surface area contributed by atoms with Crippen molar-refractivity contribution >= 4 is 17.5 Å². The predicted molar refractivity (Wildman–Crippen MR) is 117 cm³/mol. The molecular formula is C24H33FN4O2. The zero-order valence-corrected chi connectivity index (χ0v) is 18.3. The highest BCUT2D eigenvalue weighted by molar-refractivity contribution is 5.88. The van der Waals surface area contributed by atoms with E-state index >= 15 is 0 Å². The van der Waals surface area contributed by atoms with Crippen LogP contribution in [0.15, 0.2) is 12.1 Å². The Morgan fingerprint density at radius 2 is 2.03 bits per heavy atom. The molecule has 2 amide bonds. The molecule has 3 aliphatic heterocycles. The van der Waals surface area contributed by atoms with Crippen LogP contribution in [0.3, 0.4) is 0 Å². The molecule has 168 valence electrons. The highest BCUT2D eigenvalue weighted by Gasteiger charge is 2.38. The Morgan fingerprint density at radius 1 is 1.16 bits per heavy atom. The Labute approximate surface area is 183 Å². The number of likely N-dealkylation sites (tertiary alicyclic amines) is 2. The van der Waals surface area contributed by atoms with Crippen molar-refractivity contribution in [1.29, 1.82) is 0 Å². The van der Waals surface area contributed by atoms with E-state index < -0.39 is 6.04 Å². The minimum Gasteiger partial charge on any atom is -0.373 e. The number of hydrogen-bond donors (Lipinski definition) is 2. The summed E-state index contributed by atoms with van der Waals surface area (Å²) in [5, 5.41) is 6.49. The van der Waals surface area contributed by atoms with Crippen LogP contribution < -0.4 is 10.6 Å². The van der Waals surface area contributed by atoms with Crippen LogP contribution in [0.25, 0.3) is 0 Å². The second-order valence-corrected chi connectivity index (χ2v) is 9.77. The van der Waals surface area contributed by atoms with Gasteiger partial charge in [-0.25, -0.2) is 4.39 Å². The lowest BCUT2D eigenvalue weighted by Gasteiger charge is -2.36. The van der Waals surface area contributed by atoms with Gasteiger partial charge in [0.2, 0.25) is 11.8 Å². The number of rotatable bonds is 4. The standard InChI is InChI=1S/C24H33FN4O2/c1-15-7-8-20(25)19-13-21(27-23(15)19)24(31)26-16-4-2-5-17(12-16)28-11-9-18(14-28)29-10-3-6-22(29)30/h7-8,16-18,21,27H,2-6,9-14H2,1H3,(H,26,31)/t16-,17-,18?,21?/m1/s1. The average molecular weight is 429 g/mol. The Kier molecular flexibility index (Phi) is 5.63. The van der Waals surface area contributed by atoms with Crippen LogP contribution >= 0.6 is 0 Å². The highest BCUT2D eigenvalue weighted by atomic mass is 19.1. The maximum atomic E-state index is 14.2. The third-order valence-electron chi connectivity index (χ3n) is 7.76. The first kappa shape index (κ1) is 20.7. The topological polar surface area (TPSA) is 64.7 Å².